The maximum absolute atomic E-state index is 5.37. The fourth-order valence-corrected chi connectivity index (χ4v) is 3.83. The second kappa shape index (κ2) is 7.73. The van der Waals surface area contributed by atoms with Gasteiger partial charge < -0.3 is 5.32 Å². The Morgan fingerprint density at radius 1 is 1.22 bits per heavy atom. The summed E-state index contributed by atoms with van der Waals surface area (Å²) in [7, 11) is 0. The van der Waals surface area contributed by atoms with Gasteiger partial charge in [-0.15, -0.1) is 11.3 Å². The molecule has 0 aliphatic rings. The molecule has 0 amide bonds. The average molecular weight is 357 g/mol. The van der Waals surface area contributed by atoms with Gasteiger partial charge in [0.05, 0.1) is 0 Å². The second-order valence-corrected chi connectivity index (χ2v) is 7.60. The van der Waals surface area contributed by atoms with Crippen LogP contribution < -0.4 is 5.32 Å². The summed E-state index contributed by atoms with van der Waals surface area (Å²) >= 11 is 8.55. The highest BCUT2D eigenvalue weighted by atomic mass is 32.2. The Kier molecular flexibility index (Phi) is 5.43. The van der Waals surface area contributed by atoms with E-state index >= 15 is 0 Å². The summed E-state index contributed by atoms with van der Waals surface area (Å²) in [5.74, 6) is 0.845. The summed E-state index contributed by atoms with van der Waals surface area (Å²) in [4.78, 5) is 4.18. The van der Waals surface area contributed by atoms with Gasteiger partial charge in [0.2, 0.25) is 0 Å². The molecule has 0 saturated carbocycles. The SMILES string of the molecule is Cc1ccc(CSC(=S)Nc2nccs2)cc1-c1ccccc1. The van der Waals surface area contributed by atoms with Gasteiger partial charge in [0, 0.05) is 17.3 Å². The normalized spacial score (nSPS) is 10.5. The number of thiocarbonyl (C=S) groups is 1. The Bertz CT molecular complexity index is 783. The smallest absolute Gasteiger partial charge is 0.188 e. The van der Waals surface area contributed by atoms with E-state index in [4.69, 9.17) is 12.2 Å². The van der Waals surface area contributed by atoms with E-state index in [0.717, 1.165) is 15.2 Å². The first-order valence-corrected chi connectivity index (χ1v) is 9.48. The molecule has 0 aliphatic carbocycles. The van der Waals surface area contributed by atoms with Crippen LogP contribution in [0.1, 0.15) is 11.1 Å². The molecule has 0 spiro atoms. The lowest BCUT2D eigenvalue weighted by Crippen LogP contribution is -2.04. The quantitative estimate of drug-likeness (QED) is 0.602. The Labute approximate surface area is 150 Å². The molecular weight excluding hydrogens is 340 g/mol. The largest absolute Gasteiger partial charge is 0.317 e. The summed E-state index contributed by atoms with van der Waals surface area (Å²) in [6, 6.07) is 17.1. The van der Waals surface area contributed by atoms with Crippen LogP contribution in [0.5, 0.6) is 0 Å². The maximum atomic E-state index is 5.37. The molecule has 0 atom stereocenters. The highest BCUT2D eigenvalue weighted by molar-refractivity contribution is 8.22. The number of benzene rings is 2. The van der Waals surface area contributed by atoms with Gasteiger partial charge in [-0.05, 0) is 29.2 Å². The second-order valence-electron chi connectivity index (χ2n) is 5.05. The molecule has 0 saturated heterocycles. The molecule has 5 heteroatoms. The van der Waals surface area contributed by atoms with Crippen LogP contribution in [-0.2, 0) is 5.75 Å². The number of thioether (sulfide) groups is 1. The van der Waals surface area contributed by atoms with Crippen molar-refractivity contribution in [2.75, 3.05) is 5.32 Å². The molecule has 0 unspecified atom stereocenters. The van der Waals surface area contributed by atoms with E-state index < -0.39 is 0 Å². The molecule has 3 aromatic rings. The van der Waals surface area contributed by atoms with Crippen molar-refractivity contribution in [1.82, 2.24) is 4.98 Å². The summed E-state index contributed by atoms with van der Waals surface area (Å²) in [6.45, 7) is 2.15. The first kappa shape index (κ1) is 16.2. The number of thiazole rings is 1. The van der Waals surface area contributed by atoms with Gasteiger partial charge in [0.1, 0.15) is 4.32 Å². The number of hydrogen-bond donors (Lipinski definition) is 1. The lowest BCUT2D eigenvalue weighted by atomic mass is 9.99. The molecule has 0 radical (unpaired) electrons. The monoisotopic (exact) mass is 356 g/mol. The Morgan fingerprint density at radius 2 is 2.04 bits per heavy atom. The van der Waals surface area contributed by atoms with Gasteiger partial charge in [-0.1, -0.05) is 72.5 Å². The summed E-state index contributed by atoms with van der Waals surface area (Å²) in [6.07, 6.45) is 1.77. The number of nitrogens with zero attached hydrogens (tertiary/aromatic N) is 1. The lowest BCUT2D eigenvalue weighted by molar-refractivity contribution is 1.37. The minimum atomic E-state index is 0.752. The van der Waals surface area contributed by atoms with Crippen molar-refractivity contribution in [3.8, 4) is 11.1 Å². The van der Waals surface area contributed by atoms with Gasteiger partial charge in [-0.2, -0.15) is 0 Å². The average Bonchev–Trinajstić information content (AvgIpc) is 3.08. The third kappa shape index (κ3) is 4.41. The molecule has 3 rings (SSSR count). The van der Waals surface area contributed by atoms with Gasteiger partial charge >= 0.3 is 0 Å². The van der Waals surface area contributed by atoms with E-state index in [-0.39, 0.29) is 0 Å². The van der Waals surface area contributed by atoms with Crippen LogP contribution in [0, 0.1) is 6.92 Å². The highest BCUT2D eigenvalue weighted by Crippen LogP contribution is 2.26. The molecule has 23 heavy (non-hydrogen) atoms. The van der Waals surface area contributed by atoms with Crippen molar-refractivity contribution in [3.63, 3.8) is 0 Å². The topological polar surface area (TPSA) is 24.9 Å². The van der Waals surface area contributed by atoms with Crippen molar-refractivity contribution < 1.29 is 0 Å². The fourth-order valence-electron chi connectivity index (χ4n) is 2.25. The number of hydrogen-bond acceptors (Lipinski definition) is 4. The number of rotatable bonds is 4. The van der Waals surface area contributed by atoms with Crippen LogP contribution in [0.3, 0.4) is 0 Å². The van der Waals surface area contributed by atoms with Crippen molar-refractivity contribution in [2.24, 2.45) is 0 Å². The number of anilines is 1. The number of aryl methyl sites for hydroxylation is 1. The van der Waals surface area contributed by atoms with E-state index in [1.807, 2.05) is 11.4 Å². The standard InChI is InChI=1S/C18H16N2S3/c1-13-7-8-14(11-16(13)15-5-3-2-4-6-15)12-23-18(21)20-17-19-9-10-22-17/h2-11H,12H2,1H3,(H,19,20,21). The minimum absolute atomic E-state index is 0.752. The fraction of sp³-hybridized carbons (Fsp3) is 0.111. The zero-order valence-electron chi connectivity index (χ0n) is 12.7. The van der Waals surface area contributed by atoms with Gasteiger partial charge in [-0.25, -0.2) is 4.98 Å². The van der Waals surface area contributed by atoms with Crippen LogP contribution in [0.15, 0.2) is 60.1 Å². The Balaban J connectivity index is 1.68. The first-order valence-electron chi connectivity index (χ1n) is 7.20. The van der Waals surface area contributed by atoms with Crippen molar-refractivity contribution in [3.05, 3.63) is 71.2 Å². The number of aromatic nitrogens is 1. The molecule has 1 N–H and O–H groups in total. The van der Waals surface area contributed by atoms with Gasteiger partial charge in [0.25, 0.3) is 0 Å². The molecule has 0 fully saturated rings. The summed E-state index contributed by atoms with van der Waals surface area (Å²) in [5.41, 5.74) is 5.08. The van der Waals surface area contributed by atoms with Crippen molar-refractivity contribution in [2.45, 2.75) is 12.7 Å². The molecule has 0 bridgehead atoms. The Morgan fingerprint density at radius 3 is 2.78 bits per heavy atom. The predicted molar refractivity (Wildman–Crippen MR) is 106 cm³/mol. The highest BCUT2D eigenvalue weighted by Gasteiger charge is 2.06. The van der Waals surface area contributed by atoms with Crippen LogP contribution in [0.25, 0.3) is 11.1 Å². The lowest BCUT2D eigenvalue weighted by Gasteiger charge is -2.10. The van der Waals surface area contributed by atoms with Gasteiger partial charge in [-0.3, -0.25) is 0 Å². The van der Waals surface area contributed by atoms with E-state index in [9.17, 15) is 0 Å². The minimum Gasteiger partial charge on any atom is -0.317 e. The molecule has 0 aliphatic heterocycles. The van der Waals surface area contributed by atoms with Crippen LogP contribution in [0.2, 0.25) is 0 Å². The van der Waals surface area contributed by atoms with E-state index in [1.165, 1.54) is 22.3 Å². The molecule has 116 valence electrons. The third-order valence-electron chi connectivity index (χ3n) is 3.40. The molecule has 2 nitrogen and oxygen atoms in total. The molecule has 1 heterocycles. The van der Waals surface area contributed by atoms with Crippen molar-refractivity contribution in [1.29, 1.82) is 0 Å². The van der Waals surface area contributed by atoms with Crippen LogP contribution in [0.4, 0.5) is 5.13 Å². The van der Waals surface area contributed by atoms with Crippen molar-refractivity contribution >= 4 is 44.8 Å². The molecule has 2 aromatic carbocycles. The van der Waals surface area contributed by atoms with Crippen LogP contribution in [-0.4, -0.2) is 9.30 Å². The van der Waals surface area contributed by atoms with Crippen LogP contribution >= 0.6 is 35.3 Å². The van der Waals surface area contributed by atoms with E-state index in [1.54, 1.807) is 29.3 Å². The van der Waals surface area contributed by atoms with E-state index in [2.05, 4.69) is 59.7 Å². The third-order valence-corrected chi connectivity index (χ3v) is 5.38. The Hall–Kier alpha value is -1.69. The molecule has 1 aromatic heterocycles. The van der Waals surface area contributed by atoms with Gasteiger partial charge in [0.15, 0.2) is 5.13 Å². The summed E-state index contributed by atoms with van der Waals surface area (Å²) < 4.78 is 0.752. The zero-order valence-corrected chi connectivity index (χ0v) is 15.1. The zero-order chi connectivity index (χ0) is 16.1. The summed E-state index contributed by atoms with van der Waals surface area (Å²) in [5, 5.41) is 5.93. The maximum Gasteiger partial charge on any atom is 0.188 e. The number of nitrogens with one attached hydrogen (secondary N) is 1. The van der Waals surface area contributed by atoms with E-state index in [0.29, 0.717) is 0 Å². The first-order chi connectivity index (χ1) is 11.2. The predicted octanol–water partition coefficient (Wildman–Crippen LogP) is 5.75. The molecular formula is C18H16N2S3.